The van der Waals surface area contributed by atoms with Crippen LogP contribution in [0.5, 0.6) is 0 Å². The summed E-state index contributed by atoms with van der Waals surface area (Å²) >= 11 is 0. The molecule has 4 heteroatoms. The zero-order chi connectivity index (χ0) is 16.6. The van der Waals surface area contributed by atoms with Crippen molar-refractivity contribution in [1.29, 1.82) is 0 Å². The smallest absolute Gasteiger partial charge is 0.244 e. The number of rotatable bonds is 1. The molecule has 1 unspecified atom stereocenters. The van der Waals surface area contributed by atoms with E-state index in [1.807, 2.05) is 43.3 Å². The largest absolute Gasteiger partial charge is 0.324 e. The Morgan fingerprint density at radius 1 is 0.833 bits per heavy atom. The van der Waals surface area contributed by atoms with Crippen LogP contribution in [-0.2, 0) is 9.59 Å². The number of carbonyl (C=O) groups is 2. The summed E-state index contributed by atoms with van der Waals surface area (Å²) in [6, 6.07) is 16.1. The molecule has 0 saturated carbocycles. The third-order valence-electron chi connectivity index (χ3n) is 6.06. The first-order valence-corrected chi connectivity index (χ1v) is 8.46. The number of carbonyl (C=O) groups excluding carboxylic acids is 2. The van der Waals surface area contributed by atoms with Crippen LogP contribution >= 0.6 is 0 Å². The average Bonchev–Trinajstić information content (AvgIpc) is 3.14. The van der Waals surface area contributed by atoms with Crippen molar-refractivity contribution in [3.05, 3.63) is 65.2 Å². The summed E-state index contributed by atoms with van der Waals surface area (Å²) in [5.41, 5.74) is 4.31. The van der Waals surface area contributed by atoms with Crippen molar-refractivity contribution in [3.8, 4) is 0 Å². The molecule has 3 aliphatic rings. The average molecular weight is 319 g/mol. The van der Waals surface area contributed by atoms with Gasteiger partial charge in [0.2, 0.25) is 11.8 Å². The molecule has 2 saturated heterocycles. The van der Waals surface area contributed by atoms with E-state index < -0.39 is 0 Å². The number of fused-ring (bicyclic) bond motifs is 8. The van der Waals surface area contributed by atoms with E-state index in [2.05, 4.69) is 19.2 Å². The first kappa shape index (κ1) is 13.9. The summed E-state index contributed by atoms with van der Waals surface area (Å²) in [4.78, 5) is 29.0. The molecule has 2 amide bonds. The van der Waals surface area contributed by atoms with Crippen LogP contribution in [0, 0.1) is 18.8 Å². The highest BCUT2D eigenvalue weighted by Crippen LogP contribution is 2.52. The summed E-state index contributed by atoms with van der Waals surface area (Å²) in [7, 11) is 2.12. The van der Waals surface area contributed by atoms with Gasteiger partial charge in [-0.15, -0.1) is 0 Å². The van der Waals surface area contributed by atoms with Crippen molar-refractivity contribution in [1.82, 2.24) is 0 Å². The molecule has 24 heavy (non-hydrogen) atoms. The van der Waals surface area contributed by atoms with Crippen molar-refractivity contribution < 1.29 is 14.5 Å². The predicted molar refractivity (Wildman–Crippen MR) is 89.5 cm³/mol. The number of nitrogens with one attached hydrogen (secondary N) is 1. The van der Waals surface area contributed by atoms with Gasteiger partial charge in [0.15, 0.2) is 0 Å². The Labute approximate surface area is 140 Å². The van der Waals surface area contributed by atoms with Gasteiger partial charge in [-0.1, -0.05) is 42.0 Å². The fraction of sp³-hybridized carbons (Fsp3) is 0.300. The van der Waals surface area contributed by atoms with E-state index in [9.17, 15) is 9.59 Å². The summed E-state index contributed by atoms with van der Waals surface area (Å²) < 4.78 is 0. The Kier molecular flexibility index (Phi) is 2.64. The van der Waals surface area contributed by atoms with Gasteiger partial charge >= 0.3 is 0 Å². The molecule has 5 rings (SSSR count). The van der Waals surface area contributed by atoms with Crippen molar-refractivity contribution in [2.24, 2.45) is 11.8 Å². The lowest BCUT2D eigenvalue weighted by molar-refractivity contribution is -0.923. The molecule has 2 bridgehead atoms. The van der Waals surface area contributed by atoms with Crippen molar-refractivity contribution in [3.63, 3.8) is 0 Å². The first-order valence-electron chi connectivity index (χ1n) is 8.46. The molecule has 5 atom stereocenters. The number of hydrogen-bond donors (Lipinski definition) is 1. The number of benzene rings is 2. The second kappa shape index (κ2) is 4.54. The topological polar surface area (TPSA) is 41.8 Å². The molecular weight excluding hydrogens is 300 g/mol. The van der Waals surface area contributed by atoms with Gasteiger partial charge in [0.25, 0.3) is 0 Å². The maximum atomic E-state index is 13.1. The van der Waals surface area contributed by atoms with Gasteiger partial charge in [-0.3, -0.25) is 9.59 Å². The monoisotopic (exact) mass is 319 g/mol. The standard InChI is InChI=1S/C20H18N2O2/c1-11-7-9-12(10-8-11)22-19(23)15-16(20(22)24)18-14-6-4-3-5-13(14)17(15)21(18)2/h3-10,15-18H,1-2H3/p+1/t15-,16-,17-,18+/m0/s1. The highest BCUT2D eigenvalue weighted by molar-refractivity contribution is 6.22. The molecule has 0 radical (unpaired) electrons. The molecule has 3 heterocycles. The molecule has 2 aromatic rings. The minimum atomic E-state index is -0.223. The van der Waals surface area contributed by atoms with Crippen LogP contribution in [-0.4, -0.2) is 18.9 Å². The highest BCUT2D eigenvalue weighted by atomic mass is 16.2. The van der Waals surface area contributed by atoms with Crippen LogP contribution in [0.25, 0.3) is 0 Å². The minimum absolute atomic E-state index is 0.0322. The van der Waals surface area contributed by atoms with E-state index in [1.54, 1.807) is 0 Å². The van der Waals surface area contributed by atoms with E-state index in [0.29, 0.717) is 5.69 Å². The van der Waals surface area contributed by atoms with Gasteiger partial charge in [-0.05, 0) is 19.1 Å². The number of amides is 2. The lowest BCUT2D eigenvalue weighted by atomic mass is 9.77. The fourth-order valence-electron chi connectivity index (χ4n) is 5.08. The zero-order valence-corrected chi connectivity index (χ0v) is 13.7. The van der Waals surface area contributed by atoms with E-state index in [-0.39, 0.29) is 35.7 Å². The third kappa shape index (κ3) is 1.52. The van der Waals surface area contributed by atoms with Crippen molar-refractivity contribution >= 4 is 17.5 Å². The Hall–Kier alpha value is -2.46. The van der Waals surface area contributed by atoms with E-state index in [4.69, 9.17) is 0 Å². The Morgan fingerprint density at radius 2 is 1.33 bits per heavy atom. The summed E-state index contributed by atoms with van der Waals surface area (Å²) in [6.45, 7) is 2.00. The number of hydrogen-bond acceptors (Lipinski definition) is 2. The van der Waals surface area contributed by atoms with Gasteiger partial charge in [0.05, 0.1) is 12.7 Å². The maximum absolute atomic E-state index is 13.1. The minimum Gasteiger partial charge on any atom is -0.324 e. The van der Waals surface area contributed by atoms with Gasteiger partial charge < -0.3 is 4.90 Å². The molecule has 2 fully saturated rings. The molecule has 0 spiro atoms. The number of imide groups is 1. The number of nitrogens with zero attached hydrogens (tertiary/aromatic N) is 1. The third-order valence-corrected chi connectivity index (χ3v) is 6.06. The van der Waals surface area contributed by atoms with E-state index in [1.165, 1.54) is 20.9 Å². The van der Waals surface area contributed by atoms with Crippen LogP contribution in [0.1, 0.15) is 28.8 Å². The zero-order valence-electron chi connectivity index (χ0n) is 13.7. The van der Waals surface area contributed by atoms with Crippen LogP contribution in [0.2, 0.25) is 0 Å². The van der Waals surface area contributed by atoms with Gasteiger partial charge in [0.1, 0.15) is 23.9 Å². The molecular formula is C20H19N2O2+. The molecule has 1 N–H and O–H groups in total. The maximum Gasteiger partial charge on any atom is 0.244 e. The highest BCUT2D eigenvalue weighted by Gasteiger charge is 2.69. The van der Waals surface area contributed by atoms with Crippen molar-refractivity contribution in [2.75, 3.05) is 11.9 Å². The van der Waals surface area contributed by atoms with Crippen LogP contribution < -0.4 is 9.80 Å². The van der Waals surface area contributed by atoms with E-state index in [0.717, 1.165) is 5.56 Å². The molecule has 4 nitrogen and oxygen atoms in total. The fourth-order valence-corrected chi connectivity index (χ4v) is 5.08. The first-order chi connectivity index (χ1) is 11.6. The second-order valence-electron chi connectivity index (χ2n) is 7.23. The van der Waals surface area contributed by atoms with Crippen LogP contribution in [0.4, 0.5) is 5.69 Å². The predicted octanol–water partition coefficient (Wildman–Crippen LogP) is 1.42. The molecule has 0 aromatic heterocycles. The number of aryl methyl sites for hydroxylation is 1. The molecule has 120 valence electrons. The quantitative estimate of drug-likeness (QED) is 0.808. The van der Waals surface area contributed by atoms with Gasteiger partial charge in [-0.2, -0.15) is 0 Å². The van der Waals surface area contributed by atoms with Crippen LogP contribution in [0.3, 0.4) is 0 Å². The second-order valence-corrected chi connectivity index (χ2v) is 7.23. The van der Waals surface area contributed by atoms with Gasteiger partial charge in [-0.25, -0.2) is 4.90 Å². The Morgan fingerprint density at radius 3 is 1.83 bits per heavy atom. The number of quaternary nitrogens is 1. The normalized spacial score (nSPS) is 33.1. The molecule has 0 aliphatic carbocycles. The Bertz CT molecular complexity index is 824. The summed E-state index contributed by atoms with van der Waals surface area (Å²) in [5, 5.41) is 0. The lowest BCUT2D eigenvalue weighted by Gasteiger charge is -2.21. The summed E-state index contributed by atoms with van der Waals surface area (Å²) in [6.07, 6.45) is 0. The lowest BCUT2D eigenvalue weighted by Crippen LogP contribution is -3.06. The van der Waals surface area contributed by atoms with Crippen molar-refractivity contribution in [2.45, 2.75) is 19.0 Å². The van der Waals surface area contributed by atoms with E-state index >= 15 is 0 Å². The SMILES string of the molecule is Cc1ccc(N2C(=O)[C@H]3[C@H](C2=O)[C@@H]2c4ccccc4[C@H]3[NH+]2C)cc1. The molecule has 2 aromatic carbocycles. The summed E-state index contributed by atoms with van der Waals surface area (Å²) in [5.74, 6) is -0.511. The van der Waals surface area contributed by atoms with Gasteiger partial charge in [0, 0.05) is 11.1 Å². The number of anilines is 1. The molecule has 3 aliphatic heterocycles. The Balaban J connectivity index is 1.61. The van der Waals surface area contributed by atoms with Crippen LogP contribution in [0.15, 0.2) is 48.5 Å².